The SMILES string of the molecule is CSCCSNSCC1CS1. The summed E-state index contributed by atoms with van der Waals surface area (Å²) in [7, 11) is 0. The summed E-state index contributed by atoms with van der Waals surface area (Å²) >= 11 is 7.65. The molecule has 0 amide bonds. The van der Waals surface area contributed by atoms with Crippen molar-refractivity contribution in [1.29, 1.82) is 0 Å². The smallest absolute Gasteiger partial charge is 0.0242 e. The lowest BCUT2D eigenvalue weighted by atomic mass is 10.6. The van der Waals surface area contributed by atoms with E-state index in [1.807, 2.05) is 35.7 Å². The van der Waals surface area contributed by atoms with Crippen LogP contribution in [0.2, 0.25) is 0 Å². The highest BCUT2D eigenvalue weighted by Crippen LogP contribution is 2.32. The third kappa shape index (κ3) is 6.51. The van der Waals surface area contributed by atoms with Crippen molar-refractivity contribution in [2.75, 3.05) is 29.3 Å². The minimum absolute atomic E-state index is 0.952. The van der Waals surface area contributed by atoms with Gasteiger partial charge in [-0.25, -0.2) is 4.13 Å². The van der Waals surface area contributed by atoms with E-state index < -0.39 is 0 Å². The normalized spacial score (nSPS) is 22.1. The van der Waals surface area contributed by atoms with Gasteiger partial charge in [-0.1, -0.05) is 23.9 Å². The first kappa shape index (κ1) is 10.4. The van der Waals surface area contributed by atoms with Crippen LogP contribution in [-0.2, 0) is 0 Å². The van der Waals surface area contributed by atoms with E-state index in [2.05, 4.69) is 22.1 Å². The average Bonchev–Trinajstić information content (AvgIpc) is 2.80. The van der Waals surface area contributed by atoms with Gasteiger partial charge < -0.3 is 0 Å². The Bertz CT molecular complexity index is 96.6. The second-order valence-electron chi connectivity index (χ2n) is 2.19. The first-order valence-corrected chi connectivity index (χ1v) is 7.94. The van der Waals surface area contributed by atoms with Crippen molar-refractivity contribution in [3.8, 4) is 0 Å². The third-order valence-corrected chi connectivity index (χ3v) is 5.15. The highest BCUT2D eigenvalue weighted by molar-refractivity contribution is 8.14. The van der Waals surface area contributed by atoms with E-state index in [0.717, 1.165) is 5.25 Å². The molecule has 0 bridgehead atoms. The van der Waals surface area contributed by atoms with Gasteiger partial charge in [0.15, 0.2) is 0 Å². The molecule has 0 aliphatic carbocycles. The maximum Gasteiger partial charge on any atom is 0.0242 e. The molecule has 66 valence electrons. The fraction of sp³-hybridized carbons (Fsp3) is 1.00. The monoisotopic (exact) mass is 227 g/mol. The largest absolute Gasteiger partial charge is 0.208 e. The molecule has 11 heavy (non-hydrogen) atoms. The maximum atomic E-state index is 3.30. The molecule has 1 fully saturated rings. The van der Waals surface area contributed by atoms with Crippen LogP contribution in [-0.4, -0.2) is 34.5 Å². The van der Waals surface area contributed by atoms with Crippen LogP contribution in [0.1, 0.15) is 0 Å². The second kappa shape index (κ2) is 6.83. The maximum absolute atomic E-state index is 3.30. The van der Waals surface area contributed by atoms with Crippen molar-refractivity contribution in [2.45, 2.75) is 5.25 Å². The topological polar surface area (TPSA) is 12.0 Å². The van der Waals surface area contributed by atoms with E-state index in [1.165, 1.54) is 23.0 Å². The molecule has 0 aromatic rings. The molecule has 0 spiro atoms. The molecule has 0 aromatic carbocycles. The lowest BCUT2D eigenvalue weighted by Gasteiger charge is -2.00. The number of hydrogen-bond acceptors (Lipinski definition) is 5. The Kier molecular flexibility index (Phi) is 6.48. The van der Waals surface area contributed by atoms with Gasteiger partial charge in [0.1, 0.15) is 0 Å². The van der Waals surface area contributed by atoms with E-state index in [0.29, 0.717) is 0 Å². The summed E-state index contributed by atoms with van der Waals surface area (Å²) in [6.07, 6.45) is 2.15. The van der Waals surface area contributed by atoms with Gasteiger partial charge in [-0.2, -0.15) is 23.5 Å². The fourth-order valence-corrected chi connectivity index (χ4v) is 3.73. The van der Waals surface area contributed by atoms with Crippen molar-refractivity contribution < 1.29 is 0 Å². The highest BCUT2D eigenvalue weighted by atomic mass is 32.2. The summed E-state index contributed by atoms with van der Waals surface area (Å²) in [5.41, 5.74) is 0. The van der Waals surface area contributed by atoms with Gasteiger partial charge in [-0.3, -0.25) is 0 Å². The number of nitrogens with one attached hydrogen (secondary N) is 1. The van der Waals surface area contributed by atoms with E-state index >= 15 is 0 Å². The van der Waals surface area contributed by atoms with Crippen molar-refractivity contribution in [1.82, 2.24) is 4.13 Å². The van der Waals surface area contributed by atoms with Crippen LogP contribution >= 0.6 is 47.4 Å². The molecule has 1 aliphatic heterocycles. The van der Waals surface area contributed by atoms with Gasteiger partial charge in [0.2, 0.25) is 0 Å². The number of rotatable bonds is 7. The summed E-state index contributed by atoms with van der Waals surface area (Å²) in [4.78, 5) is 0. The van der Waals surface area contributed by atoms with Crippen molar-refractivity contribution in [3.05, 3.63) is 0 Å². The van der Waals surface area contributed by atoms with Crippen molar-refractivity contribution >= 4 is 47.4 Å². The Morgan fingerprint density at radius 3 is 2.91 bits per heavy atom. The quantitative estimate of drug-likeness (QED) is 0.406. The Morgan fingerprint density at radius 1 is 1.45 bits per heavy atom. The van der Waals surface area contributed by atoms with Crippen molar-refractivity contribution in [2.24, 2.45) is 0 Å². The zero-order valence-electron chi connectivity index (χ0n) is 6.54. The van der Waals surface area contributed by atoms with Crippen LogP contribution in [0, 0.1) is 0 Å². The number of thioether (sulfide) groups is 2. The molecule has 1 unspecified atom stereocenters. The Labute approximate surface area is 85.9 Å². The second-order valence-corrected chi connectivity index (χ2v) is 6.50. The van der Waals surface area contributed by atoms with Gasteiger partial charge >= 0.3 is 0 Å². The van der Waals surface area contributed by atoms with Gasteiger partial charge in [0.25, 0.3) is 0 Å². The lowest BCUT2D eigenvalue weighted by Crippen LogP contribution is -1.98. The molecule has 0 radical (unpaired) electrons. The summed E-state index contributed by atoms with van der Waals surface area (Å²) in [6.45, 7) is 0. The van der Waals surface area contributed by atoms with E-state index in [9.17, 15) is 0 Å². The molecule has 1 aliphatic rings. The van der Waals surface area contributed by atoms with E-state index in [1.54, 1.807) is 0 Å². The Balaban J connectivity index is 1.66. The minimum atomic E-state index is 0.952. The molecule has 1 heterocycles. The zero-order valence-corrected chi connectivity index (χ0v) is 9.80. The molecule has 1 N–H and O–H groups in total. The highest BCUT2D eigenvalue weighted by Gasteiger charge is 2.21. The zero-order chi connectivity index (χ0) is 7.94. The lowest BCUT2D eigenvalue weighted by molar-refractivity contribution is 1.26. The molecule has 5 heteroatoms. The molecule has 1 saturated heterocycles. The first-order chi connectivity index (χ1) is 5.43. The predicted octanol–water partition coefficient (Wildman–Crippen LogP) is 2.35. The molecule has 0 saturated carbocycles. The van der Waals surface area contributed by atoms with Gasteiger partial charge in [0.05, 0.1) is 0 Å². The summed E-state index contributed by atoms with van der Waals surface area (Å²) in [6, 6.07) is 0. The first-order valence-electron chi connectivity index (χ1n) is 3.52. The molecular weight excluding hydrogens is 214 g/mol. The Morgan fingerprint density at radius 2 is 2.27 bits per heavy atom. The predicted molar refractivity (Wildman–Crippen MR) is 62.7 cm³/mol. The number of hydrogen-bond donors (Lipinski definition) is 1. The fourth-order valence-electron chi connectivity index (χ4n) is 0.500. The third-order valence-electron chi connectivity index (χ3n) is 1.18. The van der Waals surface area contributed by atoms with E-state index in [-0.39, 0.29) is 0 Å². The van der Waals surface area contributed by atoms with Gasteiger partial charge in [0, 0.05) is 28.3 Å². The van der Waals surface area contributed by atoms with Crippen molar-refractivity contribution in [3.63, 3.8) is 0 Å². The summed E-state index contributed by atoms with van der Waals surface area (Å²) in [5.74, 6) is 5.11. The summed E-state index contributed by atoms with van der Waals surface area (Å²) < 4.78 is 3.30. The minimum Gasteiger partial charge on any atom is -0.208 e. The van der Waals surface area contributed by atoms with E-state index in [4.69, 9.17) is 0 Å². The van der Waals surface area contributed by atoms with Crippen LogP contribution in [0.25, 0.3) is 0 Å². The summed E-state index contributed by atoms with van der Waals surface area (Å²) in [5, 5.41) is 0.952. The van der Waals surface area contributed by atoms with Gasteiger partial charge in [-0.15, -0.1) is 0 Å². The molecular formula is C6H13NS4. The molecule has 1 nitrogen and oxygen atoms in total. The van der Waals surface area contributed by atoms with Crippen LogP contribution in [0.5, 0.6) is 0 Å². The Hall–Kier alpha value is 1.36. The average molecular weight is 227 g/mol. The van der Waals surface area contributed by atoms with Gasteiger partial charge in [-0.05, 0) is 6.26 Å². The van der Waals surface area contributed by atoms with Crippen LogP contribution < -0.4 is 4.13 Å². The van der Waals surface area contributed by atoms with Crippen LogP contribution in [0.15, 0.2) is 0 Å². The van der Waals surface area contributed by atoms with Crippen LogP contribution in [0.3, 0.4) is 0 Å². The standard InChI is InChI=1S/C6H13NS4/c1-8-2-3-10-7-11-5-6-4-9-6/h6-7H,2-5H2,1H3. The molecule has 0 aromatic heterocycles. The van der Waals surface area contributed by atoms with Crippen LogP contribution in [0.4, 0.5) is 0 Å². The molecule has 1 rings (SSSR count). The molecule has 1 atom stereocenters.